The lowest BCUT2D eigenvalue weighted by molar-refractivity contribution is -0.139. The molecule has 7 nitrogen and oxygen atoms in total. The minimum Gasteiger partial charge on any atom is -0.493 e. The first kappa shape index (κ1) is 22.3. The third-order valence-corrected chi connectivity index (χ3v) is 4.17. The summed E-state index contributed by atoms with van der Waals surface area (Å²) in [6.07, 6.45) is 2.84. The molecule has 0 spiro atoms. The van der Waals surface area contributed by atoms with Crippen LogP contribution in [0, 0.1) is 0 Å². The highest BCUT2D eigenvalue weighted by atomic mass is 35.5. The number of carbonyl (C=O) groups is 2. The van der Waals surface area contributed by atoms with Crippen LogP contribution in [0.3, 0.4) is 0 Å². The lowest BCUT2D eigenvalue weighted by atomic mass is 10.2. The number of nitrogens with one attached hydrogen (secondary N) is 2. The molecule has 2 amide bonds. The second-order valence-corrected chi connectivity index (χ2v) is 6.48. The summed E-state index contributed by atoms with van der Waals surface area (Å²) in [7, 11) is 1.50. The molecule has 152 valence electrons. The number of ether oxygens (including phenoxy) is 2. The van der Waals surface area contributed by atoms with Gasteiger partial charge in [0, 0.05) is 22.2 Å². The lowest BCUT2D eigenvalue weighted by Gasteiger charge is -2.12. The third kappa shape index (κ3) is 6.81. The SMILES string of the molecule is C=CCNC(=O)C(=O)N/N=C\c1ccc(OCc2ccc(Cl)cc2Cl)c(OC)c1. The van der Waals surface area contributed by atoms with Crippen molar-refractivity contribution in [3.8, 4) is 11.5 Å². The maximum absolute atomic E-state index is 11.5. The Bertz CT molecular complexity index is 932. The fourth-order valence-corrected chi connectivity index (χ4v) is 2.60. The molecule has 0 bridgehead atoms. The van der Waals surface area contributed by atoms with Crippen LogP contribution >= 0.6 is 23.2 Å². The number of hydrogen-bond donors (Lipinski definition) is 2. The second-order valence-electron chi connectivity index (χ2n) is 5.63. The zero-order chi connectivity index (χ0) is 21.2. The fraction of sp³-hybridized carbons (Fsp3) is 0.150. The minimum absolute atomic E-state index is 0.190. The van der Waals surface area contributed by atoms with Crippen molar-refractivity contribution < 1.29 is 19.1 Å². The monoisotopic (exact) mass is 435 g/mol. The van der Waals surface area contributed by atoms with Gasteiger partial charge in [-0.15, -0.1) is 6.58 Å². The van der Waals surface area contributed by atoms with Gasteiger partial charge in [0.05, 0.1) is 13.3 Å². The predicted octanol–water partition coefficient (Wildman–Crippen LogP) is 3.33. The van der Waals surface area contributed by atoms with Gasteiger partial charge < -0.3 is 14.8 Å². The lowest BCUT2D eigenvalue weighted by Crippen LogP contribution is -2.37. The molecule has 0 radical (unpaired) electrons. The zero-order valence-electron chi connectivity index (χ0n) is 15.6. The zero-order valence-corrected chi connectivity index (χ0v) is 17.1. The summed E-state index contributed by atoms with van der Waals surface area (Å²) in [5.74, 6) is -0.711. The molecule has 0 saturated heterocycles. The van der Waals surface area contributed by atoms with Crippen molar-refractivity contribution in [1.82, 2.24) is 10.7 Å². The number of amides is 2. The Morgan fingerprint density at radius 1 is 1.14 bits per heavy atom. The van der Waals surface area contributed by atoms with Crippen molar-refractivity contribution in [2.75, 3.05) is 13.7 Å². The van der Waals surface area contributed by atoms with Crippen LogP contribution in [0.1, 0.15) is 11.1 Å². The summed E-state index contributed by atoms with van der Waals surface area (Å²) in [4.78, 5) is 23.0. The predicted molar refractivity (Wildman–Crippen MR) is 113 cm³/mol. The maximum Gasteiger partial charge on any atom is 0.329 e. The van der Waals surface area contributed by atoms with E-state index in [1.807, 2.05) is 0 Å². The van der Waals surface area contributed by atoms with Crippen molar-refractivity contribution in [2.24, 2.45) is 5.10 Å². The summed E-state index contributed by atoms with van der Waals surface area (Å²) in [5, 5.41) is 7.15. The first-order chi connectivity index (χ1) is 13.9. The number of carbonyl (C=O) groups excluding carboxylic acids is 2. The average molecular weight is 436 g/mol. The molecule has 0 aromatic heterocycles. The van der Waals surface area contributed by atoms with Gasteiger partial charge in [0.25, 0.3) is 0 Å². The quantitative estimate of drug-likeness (QED) is 0.288. The molecule has 0 aliphatic heterocycles. The molecule has 29 heavy (non-hydrogen) atoms. The average Bonchev–Trinajstić information content (AvgIpc) is 2.71. The largest absolute Gasteiger partial charge is 0.493 e. The van der Waals surface area contributed by atoms with Gasteiger partial charge in [-0.05, 0) is 35.9 Å². The highest BCUT2D eigenvalue weighted by Crippen LogP contribution is 2.29. The first-order valence-corrected chi connectivity index (χ1v) is 9.17. The van der Waals surface area contributed by atoms with Gasteiger partial charge in [-0.25, -0.2) is 5.43 Å². The van der Waals surface area contributed by atoms with Crippen LogP contribution in [0.25, 0.3) is 0 Å². The number of halogens is 2. The van der Waals surface area contributed by atoms with Crippen molar-refractivity contribution in [3.63, 3.8) is 0 Å². The van der Waals surface area contributed by atoms with Crippen molar-refractivity contribution in [3.05, 3.63) is 70.2 Å². The Balaban J connectivity index is 1.99. The normalized spacial score (nSPS) is 10.4. The highest BCUT2D eigenvalue weighted by Gasteiger charge is 2.11. The summed E-state index contributed by atoms with van der Waals surface area (Å²) >= 11 is 12.0. The third-order valence-electron chi connectivity index (χ3n) is 3.58. The molecular weight excluding hydrogens is 417 g/mol. The Labute approximate surface area is 178 Å². The van der Waals surface area contributed by atoms with E-state index >= 15 is 0 Å². The fourth-order valence-electron chi connectivity index (χ4n) is 2.14. The van der Waals surface area contributed by atoms with Crippen molar-refractivity contribution in [1.29, 1.82) is 0 Å². The number of nitrogens with zero attached hydrogens (tertiary/aromatic N) is 1. The Morgan fingerprint density at radius 3 is 2.62 bits per heavy atom. The Morgan fingerprint density at radius 2 is 1.93 bits per heavy atom. The van der Waals surface area contributed by atoms with Crippen LogP contribution < -0.4 is 20.2 Å². The van der Waals surface area contributed by atoms with Crippen LogP contribution in [-0.2, 0) is 16.2 Å². The molecule has 2 aromatic rings. The van der Waals surface area contributed by atoms with Gasteiger partial charge in [0.15, 0.2) is 11.5 Å². The smallest absolute Gasteiger partial charge is 0.329 e. The van der Waals surface area contributed by atoms with Crippen molar-refractivity contribution >= 4 is 41.2 Å². The molecule has 0 saturated carbocycles. The minimum atomic E-state index is -0.880. The van der Waals surface area contributed by atoms with E-state index in [1.165, 1.54) is 19.4 Å². The number of rotatable bonds is 8. The molecule has 0 unspecified atom stereocenters. The molecule has 0 fully saturated rings. The van der Waals surface area contributed by atoms with Crippen LogP contribution in [-0.4, -0.2) is 31.7 Å². The molecule has 0 aliphatic rings. The Kier molecular flexibility index (Phi) is 8.51. The first-order valence-electron chi connectivity index (χ1n) is 8.41. The number of benzene rings is 2. The van der Waals surface area contributed by atoms with Gasteiger partial charge in [-0.3, -0.25) is 9.59 Å². The molecule has 0 atom stereocenters. The van der Waals surface area contributed by atoms with E-state index < -0.39 is 11.8 Å². The van der Waals surface area contributed by atoms with E-state index in [0.29, 0.717) is 27.1 Å². The molecule has 0 aliphatic carbocycles. The standard InChI is InChI=1S/C20H19Cl2N3O4/c1-3-8-23-19(26)20(27)25-24-11-13-4-7-17(18(9-13)28-2)29-12-14-5-6-15(21)10-16(14)22/h3-7,9-11H,1,8,12H2,2H3,(H,23,26)(H,25,27)/b24-11-. The van der Waals surface area contributed by atoms with E-state index in [0.717, 1.165) is 5.56 Å². The van der Waals surface area contributed by atoms with Gasteiger partial charge in [0.1, 0.15) is 6.61 Å². The Hall–Kier alpha value is -3.03. The number of methoxy groups -OCH3 is 1. The molecule has 2 N–H and O–H groups in total. The van der Waals surface area contributed by atoms with E-state index in [9.17, 15) is 9.59 Å². The van der Waals surface area contributed by atoms with Crippen molar-refractivity contribution in [2.45, 2.75) is 6.61 Å². The van der Waals surface area contributed by atoms with Gasteiger partial charge >= 0.3 is 11.8 Å². The summed E-state index contributed by atoms with van der Waals surface area (Å²) < 4.78 is 11.1. The molecule has 0 heterocycles. The van der Waals surface area contributed by atoms with Gasteiger partial charge in [-0.1, -0.05) is 35.3 Å². The van der Waals surface area contributed by atoms with Crippen LogP contribution in [0.2, 0.25) is 10.0 Å². The van der Waals surface area contributed by atoms with Crippen LogP contribution in [0.4, 0.5) is 0 Å². The number of hydrazone groups is 1. The second kappa shape index (κ2) is 11.1. The van der Waals surface area contributed by atoms with E-state index in [1.54, 1.807) is 36.4 Å². The van der Waals surface area contributed by atoms with E-state index in [2.05, 4.69) is 22.4 Å². The number of hydrogen-bond acceptors (Lipinski definition) is 5. The van der Waals surface area contributed by atoms with Crippen LogP contribution in [0.5, 0.6) is 11.5 Å². The maximum atomic E-state index is 11.5. The molecular formula is C20H19Cl2N3O4. The molecule has 2 rings (SSSR count). The summed E-state index contributed by atoms with van der Waals surface area (Å²) in [5.41, 5.74) is 3.54. The topological polar surface area (TPSA) is 89.0 Å². The molecule has 2 aromatic carbocycles. The molecule has 9 heteroatoms. The summed E-state index contributed by atoms with van der Waals surface area (Å²) in [6.45, 7) is 3.87. The van der Waals surface area contributed by atoms with E-state index in [-0.39, 0.29) is 13.2 Å². The van der Waals surface area contributed by atoms with Gasteiger partial charge in [0.2, 0.25) is 0 Å². The van der Waals surface area contributed by atoms with Gasteiger partial charge in [-0.2, -0.15) is 5.10 Å². The van der Waals surface area contributed by atoms with Crippen LogP contribution in [0.15, 0.2) is 54.2 Å². The van der Waals surface area contributed by atoms with E-state index in [4.69, 9.17) is 32.7 Å². The summed E-state index contributed by atoms with van der Waals surface area (Å²) in [6, 6.07) is 10.2. The highest BCUT2D eigenvalue weighted by molar-refractivity contribution is 6.35.